The predicted molar refractivity (Wildman–Crippen MR) is 94.3 cm³/mol. The maximum atomic E-state index is 11.9. The van der Waals surface area contributed by atoms with Crippen molar-refractivity contribution < 1.29 is 9.59 Å². The van der Waals surface area contributed by atoms with Gasteiger partial charge in [-0.15, -0.1) is 0 Å². The largest absolute Gasteiger partial charge is 0.352 e. The van der Waals surface area contributed by atoms with Crippen LogP contribution in [0.5, 0.6) is 0 Å². The van der Waals surface area contributed by atoms with Crippen molar-refractivity contribution in [3.8, 4) is 0 Å². The first-order chi connectivity index (χ1) is 11.5. The van der Waals surface area contributed by atoms with Crippen molar-refractivity contribution >= 4 is 17.5 Å². The Bertz CT molecular complexity index is 667. The van der Waals surface area contributed by atoms with Crippen LogP contribution < -0.4 is 10.6 Å². The van der Waals surface area contributed by atoms with Crippen molar-refractivity contribution in [3.05, 3.63) is 59.9 Å². The standard InChI is InChI=1S/C19H23N3O2/c1-14(2)19(24)22-17-8-5-16(6-9-17)13-21-18(23)10-7-15-4-3-11-20-12-15/h3-6,8-9,11-12,14H,7,10,13H2,1-2H3,(H,21,23)(H,22,24). The first kappa shape index (κ1) is 17.7. The lowest BCUT2D eigenvalue weighted by Gasteiger charge is -2.09. The number of carbonyl (C=O) groups is 2. The molecule has 0 aliphatic carbocycles. The van der Waals surface area contributed by atoms with Gasteiger partial charge in [-0.05, 0) is 35.7 Å². The lowest BCUT2D eigenvalue weighted by atomic mass is 10.1. The van der Waals surface area contributed by atoms with Gasteiger partial charge in [0.25, 0.3) is 0 Å². The quantitative estimate of drug-likeness (QED) is 0.822. The van der Waals surface area contributed by atoms with Crippen LogP contribution >= 0.6 is 0 Å². The molecule has 0 bridgehead atoms. The normalized spacial score (nSPS) is 10.5. The number of rotatable bonds is 7. The highest BCUT2D eigenvalue weighted by molar-refractivity contribution is 5.92. The van der Waals surface area contributed by atoms with Gasteiger partial charge in [-0.25, -0.2) is 0 Å². The van der Waals surface area contributed by atoms with E-state index in [0.29, 0.717) is 19.4 Å². The summed E-state index contributed by atoms with van der Waals surface area (Å²) >= 11 is 0. The highest BCUT2D eigenvalue weighted by Crippen LogP contribution is 2.11. The fourth-order valence-corrected chi connectivity index (χ4v) is 2.09. The van der Waals surface area contributed by atoms with E-state index in [9.17, 15) is 9.59 Å². The number of benzene rings is 1. The van der Waals surface area contributed by atoms with Crippen molar-refractivity contribution in [2.75, 3.05) is 5.32 Å². The molecule has 0 fully saturated rings. The summed E-state index contributed by atoms with van der Waals surface area (Å²) < 4.78 is 0. The molecule has 126 valence electrons. The van der Waals surface area contributed by atoms with E-state index in [1.165, 1.54) is 0 Å². The second kappa shape index (κ2) is 8.82. The minimum absolute atomic E-state index is 0.00791. The SMILES string of the molecule is CC(C)C(=O)Nc1ccc(CNC(=O)CCc2cccnc2)cc1. The Morgan fingerprint density at radius 3 is 2.46 bits per heavy atom. The molecule has 0 saturated carbocycles. The zero-order valence-electron chi connectivity index (χ0n) is 14.1. The van der Waals surface area contributed by atoms with Crippen LogP contribution in [-0.2, 0) is 22.6 Å². The number of hydrogen-bond donors (Lipinski definition) is 2. The Kier molecular flexibility index (Phi) is 6.49. The van der Waals surface area contributed by atoms with Gasteiger partial charge in [-0.1, -0.05) is 32.0 Å². The van der Waals surface area contributed by atoms with Crippen molar-refractivity contribution in [1.82, 2.24) is 10.3 Å². The molecule has 5 heteroatoms. The summed E-state index contributed by atoms with van der Waals surface area (Å²) in [5, 5.41) is 5.74. The number of nitrogens with one attached hydrogen (secondary N) is 2. The highest BCUT2D eigenvalue weighted by atomic mass is 16.2. The fourth-order valence-electron chi connectivity index (χ4n) is 2.09. The smallest absolute Gasteiger partial charge is 0.226 e. The molecule has 0 atom stereocenters. The molecular weight excluding hydrogens is 302 g/mol. The Balaban J connectivity index is 1.75. The molecule has 0 aliphatic heterocycles. The Labute approximate surface area is 142 Å². The van der Waals surface area contributed by atoms with E-state index in [2.05, 4.69) is 15.6 Å². The molecule has 2 amide bonds. The first-order valence-corrected chi connectivity index (χ1v) is 8.10. The third kappa shape index (κ3) is 5.83. The molecule has 0 saturated heterocycles. The molecule has 5 nitrogen and oxygen atoms in total. The van der Waals surface area contributed by atoms with Crippen molar-refractivity contribution in [2.24, 2.45) is 5.92 Å². The van der Waals surface area contributed by atoms with Gasteiger partial charge in [-0.2, -0.15) is 0 Å². The van der Waals surface area contributed by atoms with E-state index < -0.39 is 0 Å². The lowest BCUT2D eigenvalue weighted by Crippen LogP contribution is -2.23. The molecule has 0 spiro atoms. The van der Waals surface area contributed by atoms with Crippen LogP contribution in [0.3, 0.4) is 0 Å². The van der Waals surface area contributed by atoms with E-state index in [1.54, 1.807) is 12.4 Å². The summed E-state index contributed by atoms with van der Waals surface area (Å²) in [6.07, 6.45) is 4.61. The number of aryl methyl sites for hydroxylation is 1. The number of nitrogens with zero attached hydrogens (tertiary/aromatic N) is 1. The van der Waals surface area contributed by atoms with Crippen LogP contribution in [0.15, 0.2) is 48.8 Å². The number of pyridine rings is 1. The van der Waals surface area contributed by atoms with Crippen LogP contribution in [0.1, 0.15) is 31.4 Å². The summed E-state index contributed by atoms with van der Waals surface area (Å²) in [4.78, 5) is 27.6. The predicted octanol–water partition coefficient (Wildman–Crippen LogP) is 2.93. The molecule has 24 heavy (non-hydrogen) atoms. The minimum atomic E-state index is -0.0521. The second-order valence-corrected chi connectivity index (χ2v) is 5.98. The molecule has 1 heterocycles. The van der Waals surface area contributed by atoms with E-state index >= 15 is 0 Å². The maximum absolute atomic E-state index is 11.9. The molecule has 2 rings (SSSR count). The third-order valence-electron chi connectivity index (χ3n) is 3.60. The summed E-state index contributed by atoms with van der Waals surface area (Å²) in [6, 6.07) is 11.3. The second-order valence-electron chi connectivity index (χ2n) is 5.98. The number of amides is 2. The Morgan fingerprint density at radius 1 is 1.08 bits per heavy atom. The first-order valence-electron chi connectivity index (χ1n) is 8.10. The molecule has 2 N–H and O–H groups in total. The molecule has 0 radical (unpaired) electrons. The van der Waals surface area contributed by atoms with E-state index in [1.807, 2.05) is 50.2 Å². The van der Waals surface area contributed by atoms with E-state index in [4.69, 9.17) is 0 Å². The van der Waals surface area contributed by atoms with E-state index in [0.717, 1.165) is 16.8 Å². The van der Waals surface area contributed by atoms with Crippen LogP contribution in [-0.4, -0.2) is 16.8 Å². The van der Waals surface area contributed by atoms with Crippen molar-refractivity contribution in [1.29, 1.82) is 0 Å². The zero-order chi connectivity index (χ0) is 17.4. The topological polar surface area (TPSA) is 71.1 Å². The number of hydrogen-bond acceptors (Lipinski definition) is 3. The van der Waals surface area contributed by atoms with Gasteiger partial charge >= 0.3 is 0 Å². The van der Waals surface area contributed by atoms with Crippen LogP contribution in [0, 0.1) is 5.92 Å². The van der Waals surface area contributed by atoms with Gasteiger partial charge in [0.05, 0.1) is 0 Å². The van der Waals surface area contributed by atoms with Crippen LogP contribution in [0.2, 0.25) is 0 Å². The van der Waals surface area contributed by atoms with Gasteiger partial charge in [-0.3, -0.25) is 14.6 Å². The fraction of sp³-hybridized carbons (Fsp3) is 0.316. The van der Waals surface area contributed by atoms with Crippen molar-refractivity contribution in [2.45, 2.75) is 33.2 Å². The Morgan fingerprint density at radius 2 is 1.83 bits per heavy atom. The number of anilines is 1. The molecule has 0 unspecified atom stereocenters. The third-order valence-corrected chi connectivity index (χ3v) is 3.60. The number of aromatic nitrogens is 1. The molecule has 1 aromatic heterocycles. The minimum Gasteiger partial charge on any atom is -0.352 e. The van der Waals surface area contributed by atoms with Gasteiger partial charge < -0.3 is 10.6 Å². The average molecular weight is 325 g/mol. The maximum Gasteiger partial charge on any atom is 0.226 e. The zero-order valence-corrected chi connectivity index (χ0v) is 14.1. The van der Waals surface area contributed by atoms with Gasteiger partial charge in [0, 0.05) is 37.0 Å². The summed E-state index contributed by atoms with van der Waals surface area (Å²) in [7, 11) is 0. The number of carbonyl (C=O) groups excluding carboxylic acids is 2. The van der Waals surface area contributed by atoms with E-state index in [-0.39, 0.29) is 17.7 Å². The van der Waals surface area contributed by atoms with Crippen molar-refractivity contribution in [3.63, 3.8) is 0 Å². The molecular formula is C19H23N3O2. The van der Waals surface area contributed by atoms with Gasteiger partial charge in [0.15, 0.2) is 0 Å². The van der Waals surface area contributed by atoms with Crippen LogP contribution in [0.4, 0.5) is 5.69 Å². The highest BCUT2D eigenvalue weighted by Gasteiger charge is 2.07. The summed E-state index contributed by atoms with van der Waals surface area (Å²) in [5.41, 5.74) is 2.81. The Hall–Kier alpha value is -2.69. The monoisotopic (exact) mass is 325 g/mol. The summed E-state index contributed by atoms with van der Waals surface area (Å²) in [6.45, 7) is 4.18. The molecule has 2 aromatic rings. The van der Waals surface area contributed by atoms with Gasteiger partial charge in [0.2, 0.25) is 11.8 Å². The van der Waals surface area contributed by atoms with Gasteiger partial charge in [0.1, 0.15) is 0 Å². The average Bonchev–Trinajstić information content (AvgIpc) is 2.60. The lowest BCUT2D eigenvalue weighted by molar-refractivity contribution is -0.121. The summed E-state index contributed by atoms with van der Waals surface area (Å²) in [5.74, 6) is -0.0497. The molecule has 1 aromatic carbocycles. The van der Waals surface area contributed by atoms with Crippen LogP contribution in [0.25, 0.3) is 0 Å². The molecule has 0 aliphatic rings.